The number of piperidine rings is 1. The van der Waals surface area contributed by atoms with Gasteiger partial charge in [-0.3, -0.25) is 0 Å². The van der Waals surface area contributed by atoms with E-state index in [0.29, 0.717) is 17.8 Å². The lowest BCUT2D eigenvalue weighted by Gasteiger charge is -2.45. The zero-order valence-electron chi connectivity index (χ0n) is 34.2. The lowest BCUT2D eigenvalue weighted by atomic mass is 9.60. The average molecular weight is 742 g/mol. The minimum absolute atomic E-state index is 0.0165. The first-order valence-corrected chi connectivity index (χ1v) is 22.2. The predicted octanol–water partition coefficient (Wildman–Crippen LogP) is 12.1. The molecule has 56 heavy (non-hydrogen) atoms. The van der Waals surface area contributed by atoms with E-state index in [1.165, 1.54) is 102 Å². The van der Waals surface area contributed by atoms with Crippen LogP contribution in [0.25, 0.3) is 5.57 Å². The van der Waals surface area contributed by atoms with Crippen LogP contribution in [-0.2, 0) is 0 Å². The normalized spacial score (nSPS) is 27.1. The molecule has 1 N–H and O–H groups in total. The van der Waals surface area contributed by atoms with Crippen LogP contribution in [0.3, 0.4) is 0 Å². The van der Waals surface area contributed by atoms with Gasteiger partial charge in [0.05, 0.1) is 11.5 Å². The van der Waals surface area contributed by atoms with Crippen LogP contribution in [-0.4, -0.2) is 36.0 Å². The molecule has 1 saturated heterocycles. The van der Waals surface area contributed by atoms with Gasteiger partial charge in [0, 0.05) is 35.6 Å². The van der Waals surface area contributed by atoms with Crippen molar-refractivity contribution in [2.75, 3.05) is 19.6 Å². The summed E-state index contributed by atoms with van der Waals surface area (Å²) in [6.07, 6.45) is 22.2. The maximum Gasteiger partial charge on any atom is 0.198 e. The van der Waals surface area contributed by atoms with Crippen molar-refractivity contribution in [3.63, 3.8) is 0 Å². The van der Waals surface area contributed by atoms with Gasteiger partial charge in [-0.2, -0.15) is 0 Å². The third-order valence-corrected chi connectivity index (χ3v) is 15.4. The topological polar surface area (TPSA) is 24.3 Å². The first-order valence-electron chi connectivity index (χ1n) is 22.2. The molecule has 288 valence electrons. The number of hydrogen-bond donors (Lipinski definition) is 1. The lowest BCUT2D eigenvalue weighted by Crippen LogP contribution is -2.41. The van der Waals surface area contributed by atoms with Crippen LogP contribution >= 0.6 is 0 Å². The summed E-state index contributed by atoms with van der Waals surface area (Å²) in [4.78, 5) is 0. The van der Waals surface area contributed by atoms with Crippen LogP contribution in [0.1, 0.15) is 126 Å². The molecular weight excluding hydrogens is 681 g/mol. The van der Waals surface area contributed by atoms with Crippen molar-refractivity contribution in [2.45, 2.75) is 109 Å². The summed E-state index contributed by atoms with van der Waals surface area (Å²) in [6.45, 7) is 13.3. The predicted molar refractivity (Wildman–Crippen MR) is 231 cm³/mol. The van der Waals surface area contributed by atoms with Gasteiger partial charge in [0.25, 0.3) is 0 Å². The van der Waals surface area contributed by atoms with Gasteiger partial charge in [-0.1, -0.05) is 149 Å². The Balaban J connectivity index is 1.14. The number of allylic oxidation sites excluding steroid dienone is 6. The Morgan fingerprint density at radius 1 is 0.839 bits per heavy atom. The summed E-state index contributed by atoms with van der Waals surface area (Å²) in [5, 5.41) is 3.67. The van der Waals surface area contributed by atoms with Crippen LogP contribution in [0.4, 0.5) is 0 Å². The smallest absolute Gasteiger partial charge is 0.198 e. The van der Waals surface area contributed by atoms with Gasteiger partial charge in [-0.05, 0) is 96.7 Å². The van der Waals surface area contributed by atoms with Gasteiger partial charge in [-0.25, -0.2) is 4.58 Å². The van der Waals surface area contributed by atoms with Gasteiger partial charge in [-0.15, -0.1) is 0 Å². The van der Waals surface area contributed by atoms with Gasteiger partial charge in [0.2, 0.25) is 0 Å². The molecule has 1 saturated carbocycles. The molecule has 3 aliphatic carbocycles. The summed E-state index contributed by atoms with van der Waals surface area (Å²) in [7, 11) is 0. The van der Waals surface area contributed by atoms with Crippen LogP contribution in [0.15, 0.2) is 131 Å². The van der Waals surface area contributed by atoms with E-state index in [-0.39, 0.29) is 23.5 Å². The first-order chi connectivity index (χ1) is 27.4. The minimum Gasteiger partial charge on any atom is -0.484 e. The molecule has 0 spiro atoms. The first kappa shape index (κ1) is 36.2. The molecule has 5 atom stereocenters. The van der Waals surface area contributed by atoms with Crippen molar-refractivity contribution in [3.8, 4) is 5.75 Å². The van der Waals surface area contributed by atoms with Crippen LogP contribution in [0.5, 0.6) is 5.75 Å². The highest BCUT2D eigenvalue weighted by atomic mass is 16.5. The Morgan fingerprint density at radius 2 is 1.55 bits per heavy atom. The standard InChI is InChI=1S/C53H61N2O/c1-34(46-33-55-35(2)45(38-18-6-5-7-19-38)32-48(55)42-22-11-10-21-41(42)46)44-31-47(53(3,4)40-25-27-54-28-26-40)51-43-23-12-13-24-49(43)56-52(51)50(44)39-20-14-17-37(30-39)29-36-15-8-9-16-36/h5-7,10-13,18-24,30-32,34,36,40,46,48,51-52,54H,8-9,14-17,25-29,33H2,1-4H3/q+1/t34?,46?,48?,51-,52?/m0/s1. The summed E-state index contributed by atoms with van der Waals surface area (Å²) < 4.78 is 10.1. The van der Waals surface area contributed by atoms with Crippen molar-refractivity contribution in [1.82, 2.24) is 5.32 Å². The van der Waals surface area contributed by atoms with E-state index in [9.17, 15) is 0 Å². The van der Waals surface area contributed by atoms with Gasteiger partial charge >= 0.3 is 0 Å². The van der Waals surface area contributed by atoms with Gasteiger partial charge in [0.15, 0.2) is 18.3 Å². The quantitative estimate of drug-likeness (QED) is 0.233. The maximum atomic E-state index is 7.34. The Labute approximate surface area is 336 Å². The van der Waals surface area contributed by atoms with E-state index < -0.39 is 0 Å². The maximum absolute atomic E-state index is 7.34. The van der Waals surface area contributed by atoms with Gasteiger partial charge in [0.1, 0.15) is 11.9 Å². The SMILES string of the molecule is CC1=[N+]2CC(C(C)C3=C(C4=CCCC(CC5CCCC5)=C4)C4Oc5ccccc5[C@H]4C(C(C)(C)C4CCNCC4)=C3)c3ccccc3C2C=C1c1ccccc1. The average Bonchev–Trinajstić information content (AvgIpc) is 3.98. The molecule has 0 amide bonds. The number of nitrogens with zero attached hydrogens (tertiary/aromatic N) is 1. The zero-order chi connectivity index (χ0) is 38.0. The molecule has 4 heterocycles. The fourth-order valence-electron chi connectivity index (χ4n) is 12.3. The molecule has 2 fully saturated rings. The fourth-order valence-corrected chi connectivity index (χ4v) is 12.3. The number of benzene rings is 3. The second-order valence-corrected chi connectivity index (χ2v) is 18.8. The Morgan fingerprint density at radius 3 is 2.34 bits per heavy atom. The van der Waals surface area contributed by atoms with E-state index in [2.05, 4.69) is 141 Å². The van der Waals surface area contributed by atoms with Crippen molar-refractivity contribution < 1.29 is 9.31 Å². The molecule has 0 radical (unpaired) electrons. The van der Waals surface area contributed by atoms with Crippen LogP contribution in [0, 0.1) is 23.2 Å². The third kappa shape index (κ3) is 6.15. The van der Waals surface area contributed by atoms with E-state index in [4.69, 9.17) is 4.74 Å². The number of ether oxygens (including phenoxy) is 1. The Bertz CT molecular complexity index is 2200. The monoisotopic (exact) mass is 741 g/mol. The highest BCUT2D eigenvalue weighted by Gasteiger charge is 2.51. The number of nitrogens with one attached hydrogen (secondary N) is 1. The van der Waals surface area contributed by atoms with Crippen molar-refractivity contribution in [3.05, 3.63) is 153 Å². The molecule has 3 heteroatoms. The number of fused-ring (bicyclic) bond motifs is 6. The molecule has 10 rings (SSSR count). The second kappa shape index (κ2) is 14.6. The van der Waals surface area contributed by atoms with E-state index >= 15 is 0 Å². The molecule has 7 aliphatic rings. The highest BCUT2D eigenvalue weighted by molar-refractivity contribution is 6.21. The van der Waals surface area contributed by atoms with Crippen LogP contribution in [0.2, 0.25) is 0 Å². The molecule has 0 aromatic heterocycles. The zero-order valence-corrected chi connectivity index (χ0v) is 34.2. The van der Waals surface area contributed by atoms with Gasteiger partial charge < -0.3 is 10.1 Å². The summed E-state index contributed by atoms with van der Waals surface area (Å²) >= 11 is 0. The largest absolute Gasteiger partial charge is 0.484 e. The molecule has 3 aromatic carbocycles. The second-order valence-electron chi connectivity index (χ2n) is 18.8. The summed E-state index contributed by atoms with van der Waals surface area (Å²) in [5.41, 5.74) is 16.2. The molecule has 3 nitrogen and oxygen atoms in total. The summed E-state index contributed by atoms with van der Waals surface area (Å²) in [5.74, 6) is 3.44. The Kier molecular flexibility index (Phi) is 9.44. The number of para-hydroxylation sites is 1. The van der Waals surface area contributed by atoms with Crippen LogP contribution < -0.4 is 10.1 Å². The van der Waals surface area contributed by atoms with Crippen molar-refractivity contribution in [1.29, 1.82) is 0 Å². The minimum atomic E-state index is -0.0165. The van der Waals surface area contributed by atoms with E-state index in [0.717, 1.165) is 37.7 Å². The molecular formula is C53H61N2O+. The highest BCUT2D eigenvalue weighted by Crippen LogP contribution is 2.58. The fraction of sp³-hybridized carbons (Fsp3) is 0.453. The van der Waals surface area contributed by atoms with E-state index in [1.807, 2.05) is 0 Å². The molecule has 3 aromatic rings. The molecule has 4 aliphatic heterocycles. The number of hydrogen-bond acceptors (Lipinski definition) is 2. The molecule has 4 unspecified atom stereocenters. The lowest BCUT2D eigenvalue weighted by molar-refractivity contribution is -0.565. The van der Waals surface area contributed by atoms with E-state index in [1.54, 1.807) is 11.1 Å². The number of rotatable bonds is 8. The Hall–Kier alpha value is -4.21. The third-order valence-electron chi connectivity index (χ3n) is 15.4. The van der Waals surface area contributed by atoms with Crippen molar-refractivity contribution >= 4 is 11.3 Å². The summed E-state index contributed by atoms with van der Waals surface area (Å²) in [6, 6.07) is 29.7. The van der Waals surface area contributed by atoms with Crippen molar-refractivity contribution in [2.24, 2.45) is 23.2 Å². The molecule has 0 bridgehead atoms.